The standard InChI is InChI=1S/C28H30ClF3N2O5S.ClH/c29-20-6-3-15(27(36)34-18-13-21(30)26(32)22(31)14-18)10-25(20)40(38,39)19-11-16-4-5-17(12-19)28(16,37)8-7-24(35)23-2-1-9-33-23;/h3,6,10,13-14,16-17,19,23,33,37H,1-2,4-5,7-9,11-12H2,(H,34,36);1H/t16-,17?,19?,23-,28?;/m0./s1. The molecular formula is C28H31Cl2F3N2O5S. The second kappa shape index (κ2) is 12.2. The van der Waals surface area contributed by atoms with Crippen LogP contribution in [0.25, 0.3) is 0 Å². The summed E-state index contributed by atoms with van der Waals surface area (Å²) >= 11 is 6.27. The molecule has 2 aromatic rings. The topological polar surface area (TPSA) is 113 Å². The highest BCUT2D eigenvalue weighted by Crippen LogP contribution is 2.54. The van der Waals surface area contributed by atoms with E-state index in [2.05, 4.69) is 10.6 Å². The van der Waals surface area contributed by atoms with Gasteiger partial charge in [-0.2, -0.15) is 0 Å². The first-order chi connectivity index (χ1) is 18.9. The lowest BCUT2D eigenvalue weighted by molar-refractivity contribution is -0.124. The molecule has 224 valence electrons. The van der Waals surface area contributed by atoms with E-state index in [0.717, 1.165) is 25.5 Å². The molecule has 3 aliphatic rings. The Bertz CT molecular complexity index is 1420. The molecule has 13 heteroatoms. The molecule has 3 unspecified atom stereocenters. The van der Waals surface area contributed by atoms with Crippen LogP contribution in [0.15, 0.2) is 35.2 Å². The van der Waals surface area contributed by atoms with Crippen molar-refractivity contribution in [2.24, 2.45) is 11.8 Å². The minimum Gasteiger partial charge on any atom is -0.389 e. The summed E-state index contributed by atoms with van der Waals surface area (Å²) in [5.41, 5.74) is -1.57. The number of carbonyl (C=O) groups is 2. The summed E-state index contributed by atoms with van der Waals surface area (Å²) in [5.74, 6) is -6.01. The third kappa shape index (κ3) is 6.15. The van der Waals surface area contributed by atoms with E-state index in [4.69, 9.17) is 11.6 Å². The summed E-state index contributed by atoms with van der Waals surface area (Å²) in [6.45, 7) is 0.806. The minimum atomic E-state index is -4.03. The summed E-state index contributed by atoms with van der Waals surface area (Å²) in [6, 6.07) is 4.68. The highest BCUT2D eigenvalue weighted by Gasteiger charge is 2.55. The number of aliphatic hydroxyl groups is 1. The van der Waals surface area contributed by atoms with Crippen molar-refractivity contribution >= 4 is 51.2 Å². The molecule has 2 aromatic carbocycles. The number of sulfone groups is 1. The van der Waals surface area contributed by atoms with E-state index in [1.165, 1.54) is 12.1 Å². The van der Waals surface area contributed by atoms with Crippen LogP contribution < -0.4 is 10.6 Å². The molecule has 1 saturated heterocycles. The number of Topliss-reactive ketones (excluding diaryl/α,β-unsaturated/α-hetero) is 1. The van der Waals surface area contributed by atoms with Gasteiger partial charge in [-0.05, 0) is 81.5 Å². The zero-order chi connectivity index (χ0) is 28.8. The largest absolute Gasteiger partial charge is 0.389 e. The van der Waals surface area contributed by atoms with E-state index in [1.807, 2.05) is 0 Å². The Hall–Kier alpha value is -2.18. The maximum Gasteiger partial charge on any atom is 0.255 e. The van der Waals surface area contributed by atoms with Gasteiger partial charge in [0.05, 0.1) is 26.8 Å². The lowest BCUT2D eigenvalue weighted by Crippen LogP contribution is -2.48. The normalized spacial score (nSPS) is 27.3. The van der Waals surface area contributed by atoms with Gasteiger partial charge in [0.25, 0.3) is 5.91 Å². The molecule has 0 aromatic heterocycles. The fourth-order valence-corrected chi connectivity index (χ4v) is 9.00. The summed E-state index contributed by atoms with van der Waals surface area (Å²) in [4.78, 5) is 25.1. The Morgan fingerprint density at radius 3 is 2.27 bits per heavy atom. The van der Waals surface area contributed by atoms with Gasteiger partial charge in [-0.25, -0.2) is 21.6 Å². The maximum absolute atomic E-state index is 13.7. The fraction of sp³-hybridized carbons (Fsp3) is 0.500. The molecule has 1 heterocycles. The number of nitrogens with one attached hydrogen (secondary N) is 2. The van der Waals surface area contributed by atoms with Crippen molar-refractivity contribution in [2.45, 2.75) is 73.2 Å². The van der Waals surface area contributed by atoms with Crippen molar-refractivity contribution in [2.75, 3.05) is 11.9 Å². The van der Waals surface area contributed by atoms with Crippen LogP contribution in [-0.4, -0.2) is 48.7 Å². The van der Waals surface area contributed by atoms with Gasteiger partial charge in [-0.3, -0.25) is 9.59 Å². The number of carbonyl (C=O) groups excluding carboxylic acids is 2. The van der Waals surface area contributed by atoms with Crippen molar-refractivity contribution in [1.29, 1.82) is 0 Å². The van der Waals surface area contributed by atoms with E-state index in [1.54, 1.807) is 0 Å². The second-order valence-electron chi connectivity index (χ2n) is 11.1. The number of ketones is 1. The first kappa shape index (κ1) is 31.7. The Morgan fingerprint density at radius 2 is 1.68 bits per heavy atom. The fourth-order valence-electron chi connectivity index (χ4n) is 6.60. The Kier molecular flexibility index (Phi) is 9.45. The number of benzene rings is 2. The first-order valence-corrected chi connectivity index (χ1v) is 15.3. The number of rotatable bonds is 8. The highest BCUT2D eigenvalue weighted by atomic mass is 35.5. The van der Waals surface area contributed by atoms with E-state index in [-0.39, 0.29) is 76.5 Å². The highest BCUT2D eigenvalue weighted by molar-refractivity contribution is 7.92. The second-order valence-corrected chi connectivity index (χ2v) is 13.7. The average molecular weight is 636 g/mol. The summed E-state index contributed by atoms with van der Waals surface area (Å²) in [5, 5.41) is 16.0. The van der Waals surface area contributed by atoms with Crippen molar-refractivity contribution in [1.82, 2.24) is 5.32 Å². The predicted molar refractivity (Wildman–Crippen MR) is 150 cm³/mol. The molecule has 2 bridgehead atoms. The molecule has 2 saturated carbocycles. The molecule has 41 heavy (non-hydrogen) atoms. The third-order valence-electron chi connectivity index (χ3n) is 8.77. The van der Waals surface area contributed by atoms with Crippen LogP contribution in [0, 0.1) is 29.3 Å². The molecular weight excluding hydrogens is 604 g/mol. The Labute approximate surface area is 247 Å². The molecule has 0 spiro atoms. The summed E-state index contributed by atoms with van der Waals surface area (Å²) in [7, 11) is -4.03. The van der Waals surface area contributed by atoms with E-state index < -0.39 is 44.0 Å². The molecule has 0 radical (unpaired) electrons. The van der Waals surface area contributed by atoms with E-state index in [9.17, 15) is 36.3 Å². The van der Waals surface area contributed by atoms with Crippen molar-refractivity contribution in [3.8, 4) is 0 Å². The van der Waals surface area contributed by atoms with E-state index >= 15 is 0 Å². The first-order valence-electron chi connectivity index (χ1n) is 13.4. The van der Waals surface area contributed by atoms with Gasteiger partial charge in [-0.15, -0.1) is 12.4 Å². The number of amides is 1. The van der Waals surface area contributed by atoms with Gasteiger partial charge < -0.3 is 15.7 Å². The third-order valence-corrected chi connectivity index (χ3v) is 11.4. The number of halogens is 5. The van der Waals surface area contributed by atoms with Crippen LogP contribution in [-0.2, 0) is 14.6 Å². The molecule has 2 aliphatic carbocycles. The molecule has 7 nitrogen and oxygen atoms in total. The number of hydrogen-bond acceptors (Lipinski definition) is 6. The molecule has 1 amide bonds. The van der Waals surface area contributed by atoms with Crippen LogP contribution in [0.3, 0.4) is 0 Å². The number of anilines is 1. The minimum absolute atomic E-state index is 0. The van der Waals surface area contributed by atoms with Crippen LogP contribution >= 0.6 is 24.0 Å². The van der Waals surface area contributed by atoms with Gasteiger partial charge in [-0.1, -0.05) is 11.6 Å². The monoisotopic (exact) mass is 634 g/mol. The van der Waals surface area contributed by atoms with Gasteiger partial charge in [0.15, 0.2) is 27.3 Å². The zero-order valence-electron chi connectivity index (χ0n) is 22.0. The van der Waals surface area contributed by atoms with Gasteiger partial charge in [0.2, 0.25) is 0 Å². The molecule has 1 aliphatic heterocycles. The lowest BCUT2D eigenvalue weighted by Gasteiger charge is -2.42. The zero-order valence-corrected chi connectivity index (χ0v) is 24.4. The summed E-state index contributed by atoms with van der Waals surface area (Å²) in [6.07, 6.45) is 3.99. The predicted octanol–water partition coefficient (Wildman–Crippen LogP) is 5.23. The van der Waals surface area contributed by atoms with Gasteiger partial charge in [0.1, 0.15) is 5.78 Å². The molecule has 3 N–H and O–H groups in total. The van der Waals surface area contributed by atoms with Crippen LogP contribution in [0.5, 0.6) is 0 Å². The van der Waals surface area contributed by atoms with Gasteiger partial charge >= 0.3 is 0 Å². The Morgan fingerprint density at radius 1 is 1.05 bits per heavy atom. The number of fused-ring (bicyclic) bond motifs is 2. The Balaban J connectivity index is 0.00000387. The average Bonchev–Trinajstić information content (AvgIpc) is 3.48. The van der Waals surface area contributed by atoms with Crippen LogP contribution in [0.1, 0.15) is 61.7 Å². The van der Waals surface area contributed by atoms with Crippen molar-refractivity contribution in [3.63, 3.8) is 0 Å². The molecule has 5 rings (SSSR count). The van der Waals surface area contributed by atoms with Crippen LogP contribution in [0.4, 0.5) is 18.9 Å². The van der Waals surface area contributed by atoms with Crippen molar-refractivity contribution in [3.05, 3.63) is 58.4 Å². The summed E-state index contributed by atoms with van der Waals surface area (Å²) < 4.78 is 67.8. The smallest absolute Gasteiger partial charge is 0.255 e. The van der Waals surface area contributed by atoms with Crippen molar-refractivity contribution < 1.29 is 36.3 Å². The number of hydrogen-bond donors (Lipinski definition) is 3. The lowest BCUT2D eigenvalue weighted by atomic mass is 9.71. The quantitative estimate of drug-likeness (QED) is 0.343. The molecule has 5 atom stereocenters. The van der Waals surface area contributed by atoms with Crippen LogP contribution in [0.2, 0.25) is 5.02 Å². The SMILES string of the molecule is Cl.O=C(Nc1cc(F)c(F)c(F)c1)c1ccc(Cl)c(S(=O)(=O)C2CC3CC[C@@H](C2)C3(O)CCC(=O)[C@@H]2CCCN2)c1. The molecule has 3 fully saturated rings. The van der Waals surface area contributed by atoms with Gasteiger partial charge in [0, 0.05) is 29.8 Å². The maximum atomic E-state index is 13.7. The van der Waals surface area contributed by atoms with E-state index in [0.29, 0.717) is 31.4 Å².